The number of fused-ring (bicyclic) bond motifs is 2. The van der Waals surface area contributed by atoms with Gasteiger partial charge in [0.1, 0.15) is 11.3 Å². The number of benzene rings is 1. The second-order valence-electron chi connectivity index (χ2n) is 9.12. The fourth-order valence-electron chi connectivity index (χ4n) is 5.05. The molecule has 30 heavy (non-hydrogen) atoms. The summed E-state index contributed by atoms with van der Waals surface area (Å²) >= 11 is 0. The molecule has 6 nitrogen and oxygen atoms in total. The molecule has 2 aliphatic rings. The Morgan fingerprint density at radius 3 is 2.77 bits per heavy atom. The quantitative estimate of drug-likeness (QED) is 0.777. The number of amides is 1. The van der Waals surface area contributed by atoms with Gasteiger partial charge in [-0.3, -0.25) is 4.79 Å². The molecular weight excluding hydrogens is 382 g/mol. The predicted molar refractivity (Wildman–Crippen MR) is 115 cm³/mol. The molecule has 1 saturated carbocycles. The van der Waals surface area contributed by atoms with Crippen molar-refractivity contribution >= 4 is 16.9 Å². The minimum Gasteiger partial charge on any atom is -0.480 e. The summed E-state index contributed by atoms with van der Waals surface area (Å²) in [5, 5.41) is 11.6. The Kier molecular flexibility index (Phi) is 5.39. The monoisotopic (exact) mass is 413 g/mol. The smallest absolute Gasteiger partial charge is 0.339 e. The Hall–Kier alpha value is -2.34. The zero-order chi connectivity index (χ0) is 21.6. The summed E-state index contributed by atoms with van der Waals surface area (Å²) < 4.78 is 11.6. The van der Waals surface area contributed by atoms with E-state index >= 15 is 0 Å². The van der Waals surface area contributed by atoms with Crippen LogP contribution in [0.4, 0.5) is 0 Å². The van der Waals surface area contributed by atoms with E-state index in [2.05, 4.69) is 0 Å². The van der Waals surface area contributed by atoms with Crippen LogP contribution in [0.3, 0.4) is 0 Å². The third kappa shape index (κ3) is 3.62. The summed E-state index contributed by atoms with van der Waals surface area (Å²) in [6.07, 6.45) is 3.94. The van der Waals surface area contributed by atoms with E-state index in [-0.39, 0.29) is 17.5 Å². The maximum Gasteiger partial charge on any atom is 0.339 e. The minimum absolute atomic E-state index is 0.0657. The maximum absolute atomic E-state index is 13.2. The number of hydrogen-bond acceptors (Lipinski definition) is 5. The molecule has 3 atom stereocenters. The number of likely N-dealkylation sites (tertiary alicyclic amines) is 1. The molecule has 0 bridgehead atoms. The van der Waals surface area contributed by atoms with E-state index in [1.54, 1.807) is 13.8 Å². The van der Waals surface area contributed by atoms with Gasteiger partial charge in [-0.2, -0.15) is 0 Å². The summed E-state index contributed by atoms with van der Waals surface area (Å²) in [7, 11) is 0. The fraction of sp³-hybridized carbons (Fsp3) is 0.583. The number of carbonyl (C=O) groups is 1. The third-order valence-electron chi connectivity index (χ3n) is 7.05. The molecule has 2 aromatic rings. The molecule has 0 spiro atoms. The number of hydrogen-bond donors (Lipinski definition) is 1. The van der Waals surface area contributed by atoms with Crippen LogP contribution in [0.1, 0.15) is 55.7 Å². The Balaban J connectivity index is 1.57. The number of rotatable bonds is 3. The molecule has 1 aromatic carbocycles. The summed E-state index contributed by atoms with van der Waals surface area (Å²) in [6, 6.07) is 3.70. The molecule has 1 amide bonds. The van der Waals surface area contributed by atoms with Gasteiger partial charge in [-0.15, -0.1) is 0 Å². The molecule has 1 aliphatic heterocycles. The zero-order valence-electron chi connectivity index (χ0n) is 18.3. The first-order valence-corrected chi connectivity index (χ1v) is 10.9. The molecule has 0 radical (unpaired) electrons. The van der Waals surface area contributed by atoms with Crippen LogP contribution >= 0.6 is 0 Å². The van der Waals surface area contributed by atoms with Gasteiger partial charge in [-0.05, 0) is 70.2 Å². The number of aryl methyl sites for hydroxylation is 2. The van der Waals surface area contributed by atoms with Crippen LogP contribution in [0, 0.1) is 26.7 Å². The lowest BCUT2D eigenvalue weighted by Crippen LogP contribution is -2.56. The molecule has 1 aliphatic carbocycles. The van der Waals surface area contributed by atoms with Crippen molar-refractivity contribution in [2.24, 2.45) is 5.92 Å². The molecule has 162 valence electrons. The van der Waals surface area contributed by atoms with Gasteiger partial charge < -0.3 is 19.2 Å². The second kappa shape index (κ2) is 7.73. The number of carbonyl (C=O) groups excluding carboxylic acids is 1. The van der Waals surface area contributed by atoms with Gasteiger partial charge in [0, 0.05) is 24.6 Å². The molecular formula is C24H31NO5. The summed E-state index contributed by atoms with van der Waals surface area (Å²) in [6.45, 7) is 8.42. The normalized spacial score (nSPS) is 25.1. The van der Waals surface area contributed by atoms with E-state index in [4.69, 9.17) is 9.15 Å². The highest BCUT2D eigenvalue weighted by Gasteiger charge is 2.44. The average Bonchev–Trinajstić information content (AvgIpc) is 2.70. The van der Waals surface area contributed by atoms with E-state index in [9.17, 15) is 14.7 Å². The van der Waals surface area contributed by atoms with E-state index in [0.717, 1.165) is 42.2 Å². The fourth-order valence-corrected chi connectivity index (χ4v) is 5.05. The molecule has 4 rings (SSSR count). The van der Waals surface area contributed by atoms with Crippen LogP contribution < -0.4 is 10.4 Å². The van der Waals surface area contributed by atoms with Crippen LogP contribution in [0.25, 0.3) is 11.0 Å². The highest BCUT2D eigenvalue weighted by Crippen LogP contribution is 2.40. The second-order valence-corrected chi connectivity index (χ2v) is 9.12. The topological polar surface area (TPSA) is 80.0 Å². The van der Waals surface area contributed by atoms with Gasteiger partial charge in [-0.1, -0.05) is 12.8 Å². The SMILES string of the molecule is Cc1cc(OC(C)C(=O)N2CCC3(O)CCCCC3C2)c2c(C)c(C)c(=O)oc2c1. The molecule has 1 saturated heterocycles. The minimum atomic E-state index is -0.670. The van der Waals surface area contributed by atoms with Crippen molar-refractivity contribution in [2.45, 2.75) is 71.5 Å². The van der Waals surface area contributed by atoms with Crippen LogP contribution in [0.2, 0.25) is 0 Å². The Bertz CT molecular complexity index is 1040. The number of ether oxygens (including phenoxy) is 1. The lowest BCUT2D eigenvalue weighted by molar-refractivity contribution is -0.149. The van der Waals surface area contributed by atoms with Gasteiger partial charge in [-0.25, -0.2) is 4.79 Å². The van der Waals surface area contributed by atoms with Gasteiger partial charge in [0.05, 0.1) is 11.0 Å². The van der Waals surface area contributed by atoms with E-state index < -0.39 is 11.7 Å². The third-order valence-corrected chi connectivity index (χ3v) is 7.05. The van der Waals surface area contributed by atoms with Crippen molar-refractivity contribution in [3.05, 3.63) is 39.2 Å². The first-order chi connectivity index (χ1) is 14.2. The van der Waals surface area contributed by atoms with Gasteiger partial charge in [0.15, 0.2) is 6.10 Å². The molecule has 2 fully saturated rings. The number of aliphatic hydroxyl groups is 1. The van der Waals surface area contributed by atoms with E-state index in [0.29, 0.717) is 36.4 Å². The van der Waals surface area contributed by atoms with E-state index in [1.807, 2.05) is 30.9 Å². The van der Waals surface area contributed by atoms with Crippen LogP contribution in [0.15, 0.2) is 21.3 Å². The van der Waals surface area contributed by atoms with Crippen molar-refractivity contribution in [2.75, 3.05) is 13.1 Å². The van der Waals surface area contributed by atoms with Gasteiger partial charge in [0.2, 0.25) is 0 Å². The molecule has 1 N–H and O–H groups in total. The lowest BCUT2D eigenvalue weighted by Gasteiger charge is -2.47. The summed E-state index contributed by atoms with van der Waals surface area (Å²) in [4.78, 5) is 27.1. The van der Waals surface area contributed by atoms with Crippen molar-refractivity contribution in [1.82, 2.24) is 4.90 Å². The Morgan fingerprint density at radius 2 is 2.00 bits per heavy atom. The first kappa shape index (κ1) is 20.9. The highest BCUT2D eigenvalue weighted by atomic mass is 16.5. The predicted octanol–water partition coefficient (Wildman–Crippen LogP) is 3.64. The zero-order valence-corrected chi connectivity index (χ0v) is 18.3. The number of nitrogens with zero attached hydrogens (tertiary/aromatic N) is 1. The molecule has 1 aromatic heterocycles. The first-order valence-electron chi connectivity index (χ1n) is 10.9. The lowest BCUT2D eigenvalue weighted by atomic mass is 9.71. The van der Waals surface area contributed by atoms with Gasteiger partial charge >= 0.3 is 5.63 Å². The maximum atomic E-state index is 13.2. The summed E-state index contributed by atoms with van der Waals surface area (Å²) in [5.41, 5.74) is 1.76. The van der Waals surface area contributed by atoms with Crippen molar-refractivity contribution in [1.29, 1.82) is 0 Å². The average molecular weight is 414 g/mol. The highest BCUT2D eigenvalue weighted by molar-refractivity contribution is 5.89. The number of piperidine rings is 1. The molecule has 3 unspecified atom stereocenters. The van der Waals surface area contributed by atoms with Crippen LogP contribution in [0.5, 0.6) is 5.75 Å². The standard InChI is InChI=1S/C24H31NO5/c1-14-11-19(21-15(2)16(3)23(27)30-20(21)12-14)29-17(4)22(26)25-10-9-24(28)8-6-5-7-18(24)13-25/h11-12,17-18,28H,5-10,13H2,1-4H3. The largest absolute Gasteiger partial charge is 0.480 e. The molecule has 6 heteroatoms. The van der Waals surface area contributed by atoms with Crippen LogP contribution in [-0.4, -0.2) is 40.7 Å². The van der Waals surface area contributed by atoms with Gasteiger partial charge in [0.25, 0.3) is 5.91 Å². The summed E-state index contributed by atoms with van der Waals surface area (Å²) in [5.74, 6) is 0.639. The van der Waals surface area contributed by atoms with Crippen molar-refractivity contribution < 1.29 is 19.1 Å². The molecule has 2 heterocycles. The van der Waals surface area contributed by atoms with Crippen LogP contribution in [-0.2, 0) is 4.79 Å². The Morgan fingerprint density at radius 1 is 1.23 bits per heavy atom. The van der Waals surface area contributed by atoms with E-state index in [1.165, 1.54) is 0 Å². The Labute approximate surface area is 176 Å². The van der Waals surface area contributed by atoms with Crippen molar-refractivity contribution in [3.63, 3.8) is 0 Å². The van der Waals surface area contributed by atoms with Crippen molar-refractivity contribution in [3.8, 4) is 5.75 Å².